The van der Waals surface area contributed by atoms with Crippen LogP contribution in [0.2, 0.25) is 0 Å². The van der Waals surface area contributed by atoms with E-state index in [9.17, 15) is 9.59 Å². The summed E-state index contributed by atoms with van der Waals surface area (Å²) < 4.78 is 0. The van der Waals surface area contributed by atoms with E-state index in [1.807, 2.05) is 13.0 Å². The number of ketones is 2. The second kappa shape index (κ2) is 8.53. The highest BCUT2D eigenvalue weighted by Crippen LogP contribution is 2.27. The van der Waals surface area contributed by atoms with Crippen LogP contribution in [0.3, 0.4) is 0 Å². The molecule has 1 aliphatic rings. The van der Waals surface area contributed by atoms with Gasteiger partial charge in [0.2, 0.25) is 0 Å². The Bertz CT molecular complexity index is 786. The van der Waals surface area contributed by atoms with Gasteiger partial charge in [0.1, 0.15) is 6.29 Å². The van der Waals surface area contributed by atoms with E-state index >= 15 is 0 Å². The molecule has 3 rings (SSSR count). The molecule has 0 fully saturated rings. The number of aryl methyl sites for hydroxylation is 1. The molecule has 1 N–H and O–H groups in total. The van der Waals surface area contributed by atoms with Crippen molar-refractivity contribution in [2.24, 2.45) is 0 Å². The SMILES string of the molecule is CC(=O)O.CC=O.Cc1ccc2c(c1)C(=O)c1ccccc1C2=O. The molecule has 0 spiro atoms. The van der Waals surface area contributed by atoms with Crippen LogP contribution in [0.15, 0.2) is 42.5 Å². The van der Waals surface area contributed by atoms with Crippen molar-refractivity contribution in [2.75, 3.05) is 0 Å². The number of aliphatic carboxylic acids is 1. The van der Waals surface area contributed by atoms with Crippen molar-refractivity contribution >= 4 is 23.8 Å². The summed E-state index contributed by atoms with van der Waals surface area (Å²) in [6.45, 7) is 4.44. The zero-order valence-corrected chi connectivity index (χ0v) is 13.7. The number of aldehydes is 1. The summed E-state index contributed by atoms with van der Waals surface area (Å²) in [5.74, 6) is -0.950. The second-order valence-electron chi connectivity index (χ2n) is 5.01. The summed E-state index contributed by atoms with van der Waals surface area (Å²) in [7, 11) is 0. The second-order valence-corrected chi connectivity index (χ2v) is 5.01. The van der Waals surface area contributed by atoms with Gasteiger partial charge in [0, 0.05) is 29.2 Å². The van der Waals surface area contributed by atoms with E-state index in [0.29, 0.717) is 22.3 Å². The zero-order valence-electron chi connectivity index (χ0n) is 13.7. The zero-order chi connectivity index (χ0) is 18.3. The molecule has 0 radical (unpaired) electrons. The highest BCUT2D eigenvalue weighted by Gasteiger charge is 2.28. The lowest BCUT2D eigenvalue weighted by atomic mass is 9.83. The van der Waals surface area contributed by atoms with Gasteiger partial charge in [0.15, 0.2) is 11.6 Å². The van der Waals surface area contributed by atoms with E-state index in [0.717, 1.165) is 18.8 Å². The Kier molecular flexibility index (Phi) is 6.74. The Morgan fingerprint density at radius 2 is 1.29 bits per heavy atom. The first-order chi connectivity index (χ1) is 11.3. The van der Waals surface area contributed by atoms with Gasteiger partial charge in [-0.3, -0.25) is 14.4 Å². The predicted octanol–water partition coefficient (Wildman–Crippen LogP) is 3.07. The molecule has 5 nitrogen and oxygen atoms in total. The lowest BCUT2D eigenvalue weighted by molar-refractivity contribution is -0.134. The monoisotopic (exact) mass is 326 g/mol. The van der Waals surface area contributed by atoms with Gasteiger partial charge in [-0.15, -0.1) is 0 Å². The molecule has 5 heteroatoms. The minimum absolute atomic E-state index is 0.0566. The Hall–Kier alpha value is -3.08. The van der Waals surface area contributed by atoms with Gasteiger partial charge in [0.25, 0.3) is 5.97 Å². The molecule has 0 amide bonds. The average Bonchev–Trinajstić information content (AvgIpc) is 2.53. The van der Waals surface area contributed by atoms with Crippen LogP contribution < -0.4 is 0 Å². The average molecular weight is 326 g/mol. The summed E-state index contributed by atoms with van der Waals surface area (Å²) in [5.41, 5.74) is 3.04. The summed E-state index contributed by atoms with van der Waals surface area (Å²) in [4.78, 5) is 42.3. The molecule has 0 saturated heterocycles. The Labute approximate surface area is 139 Å². The highest BCUT2D eigenvalue weighted by molar-refractivity contribution is 6.28. The van der Waals surface area contributed by atoms with E-state index in [1.54, 1.807) is 36.4 Å². The van der Waals surface area contributed by atoms with Crippen LogP contribution >= 0.6 is 0 Å². The summed E-state index contributed by atoms with van der Waals surface area (Å²) in [5, 5.41) is 7.42. The van der Waals surface area contributed by atoms with E-state index in [-0.39, 0.29) is 11.6 Å². The molecule has 124 valence electrons. The molecule has 1 aliphatic carbocycles. The number of carbonyl (C=O) groups is 4. The smallest absolute Gasteiger partial charge is 0.300 e. The van der Waals surface area contributed by atoms with E-state index in [4.69, 9.17) is 14.7 Å². The van der Waals surface area contributed by atoms with E-state index in [2.05, 4.69) is 0 Å². The van der Waals surface area contributed by atoms with Gasteiger partial charge in [0.05, 0.1) is 0 Å². The summed E-state index contributed by atoms with van der Waals surface area (Å²) in [6, 6.07) is 12.4. The minimum Gasteiger partial charge on any atom is -0.481 e. The van der Waals surface area contributed by atoms with E-state index < -0.39 is 5.97 Å². The summed E-state index contributed by atoms with van der Waals surface area (Å²) in [6.07, 6.45) is 0.750. The standard InChI is InChI=1S/C15H10O2.C2H4O2.C2H4O/c1-9-6-7-12-13(8-9)15(17)11-5-3-2-4-10(11)14(12)16;1-2(3)4;1-2-3/h2-8H,1H3;1H3,(H,3,4);2H,1H3. The molecule has 0 heterocycles. The van der Waals surface area contributed by atoms with Crippen molar-refractivity contribution in [1.29, 1.82) is 0 Å². The van der Waals surface area contributed by atoms with Gasteiger partial charge in [-0.05, 0) is 19.9 Å². The molecular weight excluding hydrogens is 308 g/mol. The quantitative estimate of drug-likeness (QED) is 0.641. The molecule has 0 saturated carbocycles. The maximum Gasteiger partial charge on any atom is 0.300 e. The van der Waals surface area contributed by atoms with Crippen molar-refractivity contribution in [2.45, 2.75) is 20.8 Å². The van der Waals surface area contributed by atoms with Gasteiger partial charge in [-0.1, -0.05) is 42.0 Å². The lowest BCUT2D eigenvalue weighted by Crippen LogP contribution is -2.20. The molecular formula is C19H18O5. The fraction of sp³-hybridized carbons (Fsp3) is 0.158. The fourth-order valence-electron chi connectivity index (χ4n) is 2.21. The van der Waals surface area contributed by atoms with Crippen LogP contribution in [0.25, 0.3) is 0 Å². The Morgan fingerprint density at radius 1 is 0.917 bits per heavy atom. The van der Waals surface area contributed by atoms with Gasteiger partial charge >= 0.3 is 0 Å². The van der Waals surface area contributed by atoms with Crippen molar-refractivity contribution in [3.8, 4) is 0 Å². The molecule has 0 atom stereocenters. The third-order valence-electron chi connectivity index (χ3n) is 3.08. The number of carbonyl (C=O) groups excluding carboxylic acids is 3. The minimum atomic E-state index is -0.833. The number of rotatable bonds is 0. The molecule has 0 aromatic heterocycles. The van der Waals surface area contributed by atoms with Crippen molar-refractivity contribution < 1.29 is 24.3 Å². The van der Waals surface area contributed by atoms with Gasteiger partial charge in [-0.25, -0.2) is 0 Å². The third kappa shape index (κ3) is 4.46. The molecule has 24 heavy (non-hydrogen) atoms. The van der Waals surface area contributed by atoms with E-state index in [1.165, 1.54) is 6.92 Å². The third-order valence-corrected chi connectivity index (χ3v) is 3.08. The number of fused-ring (bicyclic) bond motifs is 2. The predicted molar refractivity (Wildman–Crippen MR) is 89.5 cm³/mol. The summed E-state index contributed by atoms with van der Waals surface area (Å²) >= 11 is 0. The first-order valence-corrected chi connectivity index (χ1v) is 7.21. The first-order valence-electron chi connectivity index (χ1n) is 7.21. The van der Waals surface area contributed by atoms with Gasteiger partial charge in [-0.2, -0.15) is 0 Å². The van der Waals surface area contributed by atoms with Crippen LogP contribution in [0.5, 0.6) is 0 Å². The number of carboxylic acid groups (broad SMARTS) is 1. The van der Waals surface area contributed by atoms with Gasteiger partial charge < -0.3 is 9.90 Å². The number of hydrogen-bond donors (Lipinski definition) is 1. The molecule has 2 aromatic rings. The largest absolute Gasteiger partial charge is 0.481 e. The van der Waals surface area contributed by atoms with Crippen LogP contribution in [0.1, 0.15) is 51.3 Å². The number of benzene rings is 2. The van der Waals surface area contributed by atoms with Crippen molar-refractivity contribution in [3.63, 3.8) is 0 Å². The molecule has 2 aromatic carbocycles. The van der Waals surface area contributed by atoms with Crippen LogP contribution in [0.4, 0.5) is 0 Å². The Morgan fingerprint density at radius 3 is 1.75 bits per heavy atom. The van der Waals surface area contributed by atoms with Crippen LogP contribution in [-0.2, 0) is 9.59 Å². The normalized spacial score (nSPS) is 11.0. The van der Waals surface area contributed by atoms with Crippen LogP contribution in [0, 0.1) is 6.92 Å². The Balaban J connectivity index is 0.000000355. The molecule has 0 aliphatic heterocycles. The molecule has 0 unspecified atom stereocenters. The van der Waals surface area contributed by atoms with Crippen molar-refractivity contribution in [3.05, 3.63) is 70.3 Å². The number of hydrogen-bond acceptors (Lipinski definition) is 4. The fourth-order valence-corrected chi connectivity index (χ4v) is 2.21. The van der Waals surface area contributed by atoms with Crippen LogP contribution in [-0.4, -0.2) is 28.9 Å². The highest BCUT2D eigenvalue weighted by atomic mass is 16.4. The first kappa shape index (κ1) is 19.0. The molecule has 0 bridgehead atoms. The van der Waals surface area contributed by atoms with Crippen molar-refractivity contribution in [1.82, 2.24) is 0 Å². The maximum absolute atomic E-state index is 12.3. The maximum atomic E-state index is 12.3. The topological polar surface area (TPSA) is 88.5 Å². The number of carboxylic acids is 1. The lowest BCUT2D eigenvalue weighted by Gasteiger charge is -2.17.